The predicted molar refractivity (Wildman–Crippen MR) is 155 cm³/mol. The summed E-state index contributed by atoms with van der Waals surface area (Å²) in [6.45, 7) is 1.67. The third-order valence-corrected chi connectivity index (χ3v) is 7.55. The second-order valence-corrected chi connectivity index (χ2v) is 11.1. The highest BCUT2D eigenvalue weighted by Crippen LogP contribution is 2.32. The van der Waals surface area contributed by atoms with Gasteiger partial charge in [-0.1, -0.05) is 18.2 Å². The number of aliphatic carboxylic acids is 2. The number of nitrogens with two attached hydrogens (primary N) is 1. The van der Waals surface area contributed by atoms with E-state index >= 15 is 0 Å². The Balaban J connectivity index is 0.000000359. The van der Waals surface area contributed by atoms with Gasteiger partial charge < -0.3 is 36.4 Å². The number of carboxylic acid groups (broad SMARTS) is 2. The van der Waals surface area contributed by atoms with Crippen molar-refractivity contribution in [2.45, 2.75) is 29.8 Å². The molecule has 0 unspecified atom stereocenters. The number of nitrogens with zero attached hydrogens (tertiary/aromatic N) is 3. The fourth-order valence-electron chi connectivity index (χ4n) is 4.60. The number of nitrogens with one attached hydrogen (secondary N) is 3. The van der Waals surface area contributed by atoms with E-state index < -0.39 is 34.0 Å². The Kier molecular flexibility index (Phi) is 9.15. The van der Waals surface area contributed by atoms with Gasteiger partial charge in [-0.2, -0.15) is 13.4 Å². The van der Waals surface area contributed by atoms with Crippen molar-refractivity contribution in [1.29, 1.82) is 0 Å². The molecule has 8 N–H and O–H groups in total. The van der Waals surface area contributed by atoms with Crippen LogP contribution in [0.1, 0.15) is 23.2 Å². The molecule has 16 nitrogen and oxygen atoms in total. The van der Waals surface area contributed by atoms with Gasteiger partial charge in [0.05, 0.1) is 17.6 Å². The van der Waals surface area contributed by atoms with Crippen LogP contribution in [0.25, 0.3) is 0 Å². The second kappa shape index (κ2) is 12.8. The van der Waals surface area contributed by atoms with Crippen LogP contribution in [0.4, 0.5) is 23.1 Å². The average Bonchev–Trinajstić information content (AvgIpc) is 3.39. The maximum atomic E-state index is 12.4. The summed E-state index contributed by atoms with van der Waals surface area (Å²) in [6, 6.07) is 12.8. The minimum absolute atomic E-state index is 0.0394. The van der Waals surface area contributed by atoms with Crippen LogP contribution < -0.4 is 31.7 Å². The molecule has 228 valence electrons. The van der Waals surface area contributed by atoms with E-state index in [1.807, 2.05) is 9.80 Å². The standard InChI is InChI=1S/C20H23N7O6.C6H6O3S/c21-20-24-16-15(18(31)25-20)27-9-26(8-12(27)7-22-16)11-3-1-10(2-4-11)17(30)23-13(19(32)33)5-6-14(28)29;7-10(8,9)6-4-2-1-3-5-6/h1-4,12-13H,5-9H2,(H,23,30)(H,28,29)(H,32,33)(H4,21,22,24,25,31);1-5H,(H,7,8,9)/t12-,13+;/m1./s1. The van der Waals surface area contributed by atoms with Crippen molar-refractivity contribution < 1.29 is 37.6 Å². The number of fused-ring (bicyclic) bond motifs is 3. The molecule has 3 aromatic rings. The van der Waals surface area contributed by atoms with E-state index in [4.69, 9.17) is 15.4 Å². The van der Waals surface area contributed by atoms with Gasteiger partial charge in [-0.3, -0.25) is 23.9 Å². The van der Waals surface area contributed by atoms with E-state index in [0.29, 0.717) is 31.3 Å². The molecule has 1 fully saturated rings. The summed E-state index contributed by atoms with van der Waals surface area (Å²) in [4.78, 5) is 57.4. The SMILES string of the molecule is Nc1nc2c(c(=O)[nH]1)N1CN(c3ccc(C(=O)N[C@@H](CCC(=O)O)C(=O)O)cc3)C[C@H]1CN2.O=S(=O)(O)c1ccccc1. The highest BCUT2D eigenvalue weighted by Gasteiger charge is 2.37. The van der Waals surface area contributed by atoms with Gasteiger partial charge in [0.25, 0.3) is 21.6 Å². The Morgan fingerprint density at radius 2 is 1.77 bits per heavy atom. The zero-order valence-electron chi connectivity index (χ0n) is 22.5. The molecule has 0 aliphatic carbocycles. The summed E-state index contributed by atoms with van der Waals surface area (Å²) in [6.07, 6.45) is -0.583. The lowest BCUT2D eigenvalue weighted by Crippen LogP contribution is -2.44. The highest BCUT2D eigenvalue weighted by atomic mass is 32.2. The van der Waals surface area contributed by atoms with Crippen molar-refractivity contribution in [3.8, 4) is 0 Å². The number of nitrogen functional groups attached to an aromatic ring is 1. The molecule has 0 bridgehead atoms. The Morgan fingerprint density at radius 3 is 2.35 bits per heavy atom. The molecule has 0 spiro atoms. The normalized spacial score (nSPS) is 16.1. The van der Waals surface area contributed by atoms with Crippen molar-refractivity contribution >= 4 is 51.1 Å². The van der Waals surface area contributed by atoms with Crippen molar-refractivity contribution in [1.82, 2.24) is 15.3 Å². The Hall–Kier alpha value is -5.16. The molecular formula is C26H29N7O9S. The molecule has 0 saturated carbocycles. The van der Waals surface area contributed by atoms with Gasteiger partial charge in [0, 0.05) is 30.8 Å². The number of carbonyl (C=O) groups excluding carboxylic acids is 1. The first kappa shape index (κ1) is 30.8. The van der Waals surface area contributed by atoms with E-state index in [0.717, 1.165) is 5.69 Å². The molecule has 2 aliphatic heterocycles. The summed E-state index contributed by atoms with van der Waals surface area (Å²) in [5, 5.41) is 23.4. The lowest BCUT2D eigenvalue weighted by Gasteiger charge is -2.31. The molecule has 2 aliphatic rings. The maximum absolute atomic E-state index is 12.4. The number of hydrogen-bond donors (Lipinski definition) is 7. The zero-order valence-corrected chi connectivity index (χ0v) is 23.3. The Labute approximate surface area is 244 Å². The molecule has 1 aromatic heterocycles. The summed E-state index contributed by atoms with van der Waals surface area (Å²) in [5.74, 6) is -2.55. The molecule has 2 atom stereocenters. The molecule has 0 radical (unpaired) electrons. The van der Waals surface area contributed by atoms with Crippen molar-refractivity contribution in [3.05, 3.63) is 70.5 Å². The van der Waals surface area contributed by atoms with E-state index in [1.165, 1.54) is 12.1 Å². The maximum Gasteiger partial charge on any atom is 0.326 e. The van der Waals surface area contributed by atoms with Crippen molar-refractivity contribution in [3.63, 3.8) is 0 Å². The van der Waals surface area contributed by atoms with E-state index in [9.17, 15) is 32.7 Å². The fourth-order valence-corrected chi connectivity index (χ4v) is 5.10. The Morgan fingerprint density at radius 1 is 1.09 bits per heavy atom. The van der Waals surface area contributed by atoms with Gasteiger partial charge in [-0.15, -0.1) is 0 Å². The van der Waals surface area contributed by atoms with Gasteiger partial charge in [0.2, 0.25) is 5.95 Å². The zero-order chi connectivity index (χ0) is 31.3. The fraction of sp³-hybridized carbons (Fsp3) is 0.269. The molecular weight excluding hydrogens is 586 g/mol. The van der Waals surface area contributed by atoms with Crippen molar-refractivity contribution in [2.24, 2.45) is 0 Å². The minimum atomic E-state index is -4.00. The molecule has 17 heteroatoms. The number of H-pyrrole nitrogens is 1. The van der Waals surface area contributed by atoms with Crippen molar-refractivity contribution in [2.75, 3.05) is 40.6 Å². The van der Waals surface area contributed by atoms with Crippen LogP contribution in [0.5, 0.6) is 0 Å². The van der Waals surface area contributed by atoms with Gasteiger partial charge in [-0.05, 0) is 42.8 Å². The van der Waals surface area contributed by atoms with E-state index in [1.54, 1.807) is 42.5 Å². The van der Waals surface area contributed by atoms with E-state index in [2.05, 4.69) is 20.6 Å². The number of amides is 1. The molecule has 2 aromatic carbocycles. The van der Waals surface area contributed by atoms with Gasteiger partial charge in [0.1, 0.15) is 11.7 Å². The number of carbonyl (C=O) groups is 3. The highest BCUT2D eigenvalue weighted by molar-refractivity contribution is 7.85. The predicted octanol–water partition coefficient (Wildman–Crippen LogP) is 0.411. The van der Waals surface area contributed by atoms with E-state index in [-0.39, 0.29) is 40.9 Å². The van der Waals surface area contributed by atoms with Crippen LogP contribution >= 0.6 is 0 Å². The third-order valence-electron chi connectivity index (χ3n) is 6.69. The number of rotatable bonds is 8. The molecule has 1 amide bonds. The number of anilines is 4. The number of benzene rings is 2. The summed E-state index contributed by atoms with van der Waals surface area (Å²) >= 11 is 0. The third kappa shape index (κ3) is 7.57. The van der Waals surface area contributed by atoms with Crippen LogP contribution in [0.2, 0.25) is 0 Å². The first-order valence-electron chi connectivity index (χ1n) is 12.9. The quantitative estimate of drug-likeness (QED) is 0.170. The number of aromatic nitrogens is 2. The monoisotopic (exact) mass is 615 g/mol. The van der Waals surface area contributed by atoms with Gasteiger partial charge in [-0.25, -0.2) is 4.79 Å². The molecule has 1 saturated heterocycles. The van der Waals surface area contributed by atoms with Crippen LogP contribution in [-0.4, -0.2) is 82.8 Å². The minimum Gasteiger partial charge on any atom is -0.481 e. The lowest BCUT2D eigenvalue weighted by molar-refractivity contribution is -0.140. The Bertz CT molecular complexity index is 1660. The second-order valence-electron chi connectivity index (χ2n) is 9.65. The summed E-state index contributed by atoms with van der Waals surface area (Å²) < 4.78 is 29.2. The topological polar surface area (TPSA) is 248 Å². The lowest BCUT2D eigenvalue weighted by atomic mass is 10.1. The van der Waals surface area contributed by atoms with Crippen LogP contribution in [-0.2, 0) is 19.7 Å². The largest absolute Gasteiger partial charge is 0.481 e. The van der Waals surface area contributed by atoms with Gasteiger partial charge in [0.15, 0.2) is 5.82 Å². The molecule has 43 heavy (non-hydrogen) atoms. The summed E-state index contributed by atoms with van der Waals surface area (Å²) in [5.41, 5.74) is 6.81. The smallest absolute Gasteiger partial charge is 0.326 e. The summed E-state index contributed by atoms with van der Waals surface area (Å²) in [7, 11) is -4.00. The number of carboxylic acids is 2. The van der Waals surface area contributed by atoms with Crippen LogP contribution in [0.15, 0.2) is 64.3 Å². The molecule has 3 heterocycles. The number of aromatic amines is 1. The van der Waals surface area contributed by atoms with Gasteiger partial charge >= 0.3 is 11.9 Å². The van der Waals surface area contributed by atoms with Crippen LogP contribution in [0, 0.1) is 0 Å². The first-order valence-corrected chi connectivity index (χ1v) is 14.3. The average molecular weight is 616 g/mol. The molecule has 5 rings (SSSR count). The van der Waals surface area contributed by atoms with Crippen LogP contribution in [0.3, 0.4) is 0 Å². The first-order chi connectivity index (χ1) is 20.3. The number of hydrogen-bond acceptors (Lipinski definition) is 11.